The monoisotopic (exact) mass is 836 g/mol. The molecule has 3 aliphatic rings. The number of hydrogen-bond acceptors (Lipinski definition) is 3. The van der Waals surface area contributed by atoms with Crippen molar-refractivity contribution in [2.75, 3.05) is 0 Å². The van der Waals surface area contributed by atoms with E-state index in [1.165, 1.54) is 99.3 Å². The van der Waals surface area contributed by atoms with E-state index in [-0.39, 0.29) is 0 Å². The average Bonchev–Trinajstić information content (AvgIpc) is 4.09. The highest BCUT2D eigenvalue weighted by Crippen LogP contribution is 2.67. The topological polar surface area (TPSA) is 43.6 Å². The lowest BCUT2D eigenvalue weighted by Crippen LogP contribution is -2.26. The van der Waals surface area contributed by atoms with Gasteiger partial charge in [-0.2, -0.15) is 0 Å². The maximum absolute atomic E-state index is 5.52. The number of para-hydroxylation sites is 2. The van der Waals surface area contributed by atoms with Crippen molar-refractivity contribution in [3.8, 4) is 84.4 Å². The third-order valence-electron chi connectivity index (χ3n) is 14.6. The summed E-state index contributed by atoms with van der Waals surface area (Å²) in [5, 5.41) is 5.00. The Morgan fingerprint density at radius 2 is 0.848 bits per heavy atom. The summed E-state index contributed by atoms with van der Waals surface area (Å²) in [6.07, 6.45) is 0. The van der Waals surface area contributed by atoms with Crippen molar-refractivity contribution in [1.29, 1.82) is 0 Å². The van der Waals surface area contributed by atoms with E-state index < -0.39 is 5.41 Å². The molecule has 1 unspecified atom stereocenters. The van der Waals surface area contributed by atoms with E-state index in [2.05, 4.69) is 211 Å². The molecule has 4 heteroatoms. The zero-order chi connectivity index (χ0) is 43.1. The molecule has 0 fully saturated rings. The Labute approximate surface area is 380 Å². The van der Waals surface area contributed by atoms with Gasteiger partial charge in [-0.1, -0.05) is 188 Å². The standard InChI is InChI=1S/C62H36N4/c1-3-17-38(18-4-1)59-63-60(39-19-5-2-6-20-39)65-61(64-59)58-56-46-28-16-22-37-21-15-27-44(55(37)46)48(56)36-52-57(58)45-26-8-12-30-50(45)62(52)49-29-11-7-23-41(49)47-35-40(33-34-51(47)62)66-53-31-13-9-24-42(53)43-25-10-14-32-54(43)66/h1-36H. The number of hydrogen-bond donors (Lipinski definition) is 0. The van der Waals surface area contributed by atoms with E-state index in [9.17, 15) is 0 Å². The van der Waals surface area contributed by atoms with Crippen LogP contribution in [0.15, 0.2) is 218 Å². The SMILES string of the molecule is c1ccc(-c2nc(-c3ccccc3)nc(-c3c4c(cc5c3-c3ccccc3C53c5ccccc5-c5cc(-n6c7ccccc7c7ccccc76)ccc53)-c3cccc5cccc-4c35)n2)cc1. The molecule has 1 spiro atoms. The number of aromatic nitrogens is 4. The predicted octanol–water partition coefficient (Wildman–Crippen LogP) is 15.1. The number of fused-ring (bicyclic) bond motifs is 16. The van der Waals surface area contributed by atoms with Crippen LogP contribution >= 0.6 is 0 Å². The van der Waals surface area contributed by atoms with Crippen molar-refractivity contribution in [3.05, 3.63) is 241 Å². The van der Waals surface area contributed by atoms with Gasteiger partial charge in [0.25, 0.3) is 0 Å². The molecular formula is C62H36N4. The first-order chi connectivity index (χ1) is 32.8. The van der Waals surface area contributed by atoms with Gasteiger partial charge >= 0.3 is 0 Å². The van der Waals surface area contributed by atoms with Crippen LogP contribution in [0.1, 0.15) is 22.3 Å². The molecule has 0 radical (unpaired) electrons. The molecule has 0 N–H and O–H groups in total. The lowest BCUT2D eigenvalue weighted by atomic mass is 9.70. The summed E-state index contributed by atoms with van der Waals surface area (Å²) in [4.78, 5) is 16.2. The largest absolute Gasteiger partial charge is 0.309 e. The van der Waals surface area contributed by atoms with Crippen molar-refractivity contribution >= 4 is 32.6 Å². The fourth-order valence-corrected chi connectivity index (χ4v) is 12.0. The fourth-order valence-electron chi connectivity index (χ4n) is 12.0. The molecular weight excluding hydrogens is 801 g/mol. The molecule has 4 nitrogen and oxygen atoms in total. The molecule has 1 atom stereocenters. The van der Waals surface area contributed by atoms with Crippen molar-refractivity contribution in [3.63, 3.8) is 0 Å². The van der Waals surface area contributed by atoms with Crippen LogP contribution in [0.4, 0.5) is 0 Å². The molecule has 3 aliphatic carbocycles. The first-order valence-corrected chi connectivity index (χ1v) is 22.7. The van der Waals surface area contributed by atoms with Gasteiger partial charge in [-0.05, 0) is 102 Å². The van der Waals surface area contributed by atoms with Crippen LogP contribution in [-0.2, 0) is 5.41 Å². The van der Waals surface area contributed by atoms with Crippen LogP contribution in [0.25, 0.3) is 117 Å². The zero-order valence-corrected chi connectivity index (χ0v) is 35.6. The minimum Gasteiger partial charge on any atom is -0.309 e. The molecule has 0 amide bonds. The van der Waals surface area contributed by atoms with Crippen LogP contribution in [0, 0.1) is 0 Å². The van der Waals surface area contributed by atoms with Gasteiger partial charge in [0.1, 0.15) is 0 Å². The number of rotatable bonds is 4. The van der Waals surface area contributed by atoms with Crippen molar-refractivity contribution in [2.24, 2.45) is 0 Å². The minimum absolute atomic E-state index is 0.624. The van der Waals surface area contributed by atoms with Gasteiger partial charge in [0.2, 0.25) is 0 Å². The third kappa shape index (κ3) is 4.59. The number of benzene rings is 10. The Morgan fingerprint density at radius 3 is 1.53 bits per heavy atom. The summed E-state index contributed by atoms with van der Waals surface area (Å²) in [5.41, 5.74) is 20.7. The van der Waals surface area contributed by atoms with E-state index in [1.807, 2.05) is 12.1 Å². The molecule has 10 aromatic carbocycles. The Morgan fingerprint density at radius 1 is 0.318 bits per heavy atom. The molecule has 66 heavy (non-hydrogen) atoms. The van der Waals surface area contributed by atoms with Crippen LogP contribution in [-0.4, -0.2) is 19.5 Å². The molecule has 15 rings (SSSR count). The first kappa shape index (κ1) is 35.7. The summed E-state index contributed by atoms with van der Waals surface area (Å²) in [5.74, 6) is 1.96. The van der Waals surface area contributed by atoms with Crippen molar-refractivity contribution in [1.82, 2.24) is 19.5 Å². The normalized spacial score (nSPS) is 14.7. The second-order valence-electron chi connectivity index (χ2n) is 17.8. The second kappa shape index (κ2) is 13.2. The lowest BCUT2D eigenvalue weighted by molar-refractivity contribution is 0.794. The highest BCUT2D eigenvalue weighted by Gasteiger charge is 2.53. The fraction of sp³-hybridized carbons (Fsp3) is 0.0161. The lowest BCUT2D eigenvalue weighted by Gasteiger charge is -2.31. The Kier molecular flexibility index (Phi) is 7.12. The van der Waals surface area contributed by atoms with Gasteiger partial charge < -0.3 is 4.57 Å². The molecule has 12 aromatic rings. The van der Waals surface area contributed by atoms with E-state index in [0.29, 0.717) is 17.5 Å². The van der Waals surface area contributed by atoms with Gasteiger partial charge in [0.05, 0.1) is 16.4 Å². The van der Waals surface area contributed by atoms with Gasteiger partial charge in [-0.15, -0.1) is 0 Å². The second-order valence-corrected chi connectivity index (χ2v) is 17.8. The smallest absolute Gasteiger partial charge is 0.165 e. The number of nitrogens with zero attached hydrogens (tertiary/aromatic N) is 4. The maximum atomic E-state index is 5.52. The molecule has 0 saturated heterocycles. The van der Waals surface area contributed by atoms with Crippen LogP contribution in [0.3, 0.4) is 0 Å². The summed E-state index contributed by atoms with van der Waals surface area (Å²) in [6.45, 7) is 0. The molecule has 2 aromatic heterocycles. The van der Waals surface area contributed by atoms with Gasteiger partial charge in [-0.25, -0.2) is 15.0 Å². The maximum Gasteiger partial charge on any atom is 0.165 e. The van der Waals surface area contributed by atoms with Crippen molar-refractivity contribution < 1.29 is 0 Å². The Hall–Kier alpha value is -8.73. The van der Waals surface area contributed by atoms with Crippen LogP contribution in [0.5, 0.6) is 0 Å². The summed E-state index contributed by atoms with van der Waals surface area (Å²) in [7, 11) is 0. The highest BCUT2D eigenvalue weighted by molar-refractivity contribution is 6.21. The predicted molar refractivity (Wildman–Crippen MR) is 269 cm³/mol. The van der Waals surface area contributed by atoms with Gasteiger partial charge in [-0.3, -0.25) is 0 Å². The summed E-state index contributed by atoms with van der Waals surface area (Å²) < 4.78 is 2.44. The molecule has 304 valence electrons. The van der Waals surface area contributed by atoms with E-state index in [0.717, 1.165) is 22.4 Å². The van der Waals surface area contributed by atoms with Crippen LogP contribution < -0.4 is 0 Å². The molecule has 2 heterocycles. The molecule has 0 aliphatic heterocycles. The quantitative estimate of drug-likeness (QED) is 0.177. The van der Waals surface area contributed by atoms with E-state index >= 15 is 0 Å². The third-order valence-corrected chi connectivity index (χ3v) is 14.6. The highest BCUT2D eigenvalue weighted by atomic mass is 15.0. The van der Waals surface area contributed by atoms with E-state index in [4.69, 9.17) is 15.0 Å². The molecule has 0 bridgehead atoms. The summed E-state index contributed by atoms with van der Waals surface area (Å²) in [6, 6.07) is 79.6. The first-order valence-electron chi connectivity index (χ1n) is 22.7. The zero-order valence-electron chi connectivity index (χ0n) is 35.6. The minimum atomic E-state index is -0.624. The average molecular weight is 837 g/mol. The van der Waals surface area contributed by atoms with Crippen molar-refractivity contribution in [2.45, 2.75) is 5.41 Å². The van der Waals surface area contributed by atoms with Gasteiger partial charge in [0.15, 0.2) is 17.5 Å². The van der Waals surface area contributed by atoms with Gasteiger partial charge in [0, 0.05) is 38.7 Å². The van der Waals surface area contributed by atoms with Crippen LogP contribution in [0.2, 0.25) is 0 Å². The molecule has 0 saturated carbocycles. The Balaban J connectivity index is 1.08. The Bertz CT molecular complexity index is 3940. The summed E-state index contributed by atoms with van der Waals surface area (Å²) >= 11 is 0. The van der Waals surface area contributed by atoms with E-state index in [1.54, 1.807) is 0 Å².